The first-order valence-electron chi connectivity index (χ1n) is 8.06. The molecule has 4 heteroatoms. The molecule has 1 amide bonds. The number of carbonyl (C=O) groups excluding carboxylic acids is 1. The number of rotatable bonds is 6. The van der Waals surface area contributed by atoms with E-state index >= 15 is 0 Å². The number of hydrogen-bond donors (Lipinski definition) is 1. The molecule has 0 unspecified atom stereocenters. The van der Waals surface area contributed by atoms with Crippen LogP contribution in [0.5, 0.6) is 0 Å². The Morgan fingerprint density at radius 3 is 2.81 bits per heavy atom. The molecule has 0 aliphatic carbocycles. The predicted molar refractivity (Wildman–Crippen MR) is 83.8 cm³/mol. The molecule has 2 rings (SSSR count). The van der Waals surface area contributed by atoms with E-state index in [1.807, 2.05) is 17.0 Å². The van der Waals surface area contributed by atoms with Crippen molar-refractivity contribution in [3.8, 4) is 0 Å². The van der Waals surface area contributed by atoms with Gasteiger partial charge < -0.3 is 14.6 Å². The van der Waals surface area contributed by atoms with E-state index in [-0.39, 0.29) is 11.3 Å². The van der Waals surface area contributed by atoms with Gasteiger partial charge in [0.05, 0.1) is 13.1 Å². The van der Waals surface area contributed by atoms with Crippen molar-refractivity contribution in [2.75, 3.05) is 13.1 Å². The van der Waals surface area contributed by atoms with Crippen LogP contribution in [0.15, 0.2) is 16.5 Å². The smallest absolute Gasteiger partial charge is 0.222 e. The van der Waals surface area contributed by atoms with Crippen molar-refractivity contribution in [3.05, 3.63) is 23.7 Å². The molecule has 21 heavy (non-hydrogen) atoms. The normalized spacial score (nSPS) is 18.8. The molecular formula is C17H28N2O2. The highest BCUT2D eigenvalue weighted by Crippen LogP contribution is 2.30. The number of nitrogens with one attached hydrogen (secondary N) is 1. The van der Waals surface area contributed by atoms with E-state index < -0.39 is 0 Å². The van der Waals surface area contributed by atoms with E-state index in [4.69, 9.17) is 4.42 Å². The summed E-state index contributed by atoms with van der Waals surface area (Å²) in [6.45, 7) is 9.82. The zero-order valence-electron chi connectivity index (χ0n) is 13.6. The van der Waals surface area contributed by atoms with Crippen LogP contribution in [0.3, 0.4) is 0 Å². The molecule has 1 aliphatic rings. The van der Waals surface area contributed by atoms with Gasteiger partial charge in [-0.1, -0.05) is 20.8 Å². The highest BCUT2D eigenvalue weighted by atomic mass is 16.3. The zero-order chi connectivity index (χ0) is 15.3. The van der Waals surface area contributed by atoms with Gasteiger partial charge in [0, 0.05) is 13.0 Å². The number of nitrogens with zero attached hydrogens (tertiary/aromatic N) is 1. The highest BCUT2D eigenvalue weighted by Gasteiger charge is 2.27. The molecule has 1 aliphatic heterocycles. The van der Waals surface area contributed by atoms with Gasteiger partial charge in [0.25, 0.3) is 0 Å². The topological polar surface area (TPSA) is 45.5 Å². The molecule has 0 spiro atoms. The van der Waals surface area contributed by atoms with E-state index in [9.17, 15) is 4.79 Å². The second kappa shape index (κ2) is 7.12. The summed E-state index contributed by atoms with van der Waals surface area (Å²) in [5.41, 5.74) is 0.267. The number of furan rings is 1. The predicted octanol–water partition coefficient (Wildman–Crippen LogP) is 3.32. The van der Waals surface area contributed by atoms with E-state index in [2.05, 4.69) is 26.1 Å². The lowest BCUT2D eigenvalue weighted by atomic mass is 9.85. The Morgan fingerprint density at radius 2 is 2.05 bits per heavy atom. The molecule has 1 saturated heterocycles. The van der Waals surface area contributed by atoms with Crippen molar-refractivity contribution in [2.24, 2.45) is 5.41 Å². The fourth-order valence-corrected chi connectivity index (χ4v) is 2.64. The molecule has 118 valence electrons. The van der Waals surface area contributed by atoms with Crippen LogP contribution in [0.25, 0.3) is 0 Å². The molecule has 0 aromatic carbocycles. The van der Waals surface area contributed by atoms with Gasteiger partial charge in [-0.3, -0.25) is 4.79 Å². The van der Waals surface area contributed by atoms with Crippen LogP contribution in [0.2, 0.25) is 0 Å². The summed E-state index contributed by atoms with van der Waals surface area (Å²) in [7, 11) is 0. The lowest BCUT2D eigenvalue weighted by Crippen LogP contribution is -2.29. The number of hydrogen-bond acceptors (Lipinski definition) is 3. The first-order valence-corrected chi connectivity index (χ1v) is 8.06. The fraction of sp³-hybridized carbons (Fsp3) is 0.706. The fourth-order valence-electron chi connectivity index (χ4n) is 2.64. The maximum absolute atomic E-state index is 12.2. The Hall–Kier alpha value is -1.29. The van der Waals surface area contributed by atoms with Crippen LogP contribution in [-0.2, 0) is 17.9 Å². The summed E-state index contributed by atoms with van der Waals surface area (Å²) < 4.78 is 5.82. The highest BCUT2D eigenvalue weighted by molar-refractivity contribution is 5.76. The second-order valence-corrected chi connectivity index (χ2v) is 6.77. The molecule has 4 nitrogen and oxygen atoms in total. The zero-order valence-corrected chi connectivity index (χ0v) is 13.6. The van der Waals surface area contributed by atoms with Crippen LogP contribution in [-0.4, -0.2) is 23.9 Å². The minimum atomic E-state index is 0.252. The lowest BCUT2D eigenvalue weighted by molar-refractivity contribution is -0.131. The van der Waals surface area contributed by atoms with Crippen molar-refractivity contribution < 1.29 is 9.21 Å². The Balaban J connectivity index is 1.90. The first kappa shape index (κ1) is 16.1. The molecule has 1 aromatic rings. The molecule has 0 atom stereocenters. The average Bonchev–Trinajstić information content (AvgIpc) is 2.84. The summed E-state index contributed by atoms with van der Waals surface area (Å²) in [5, 5.41) is 3.32. The first-order chi connectivity index (χ1) is 10.00. The Bertz CT molecular complexity index is 465. The third kappa shape index (κ3) is 4.88. The van der Waals surface area contributed by atoms with Gasteiger partial charge in [-0.05, 0) is 43.4 Å². The van der Waals surface area contributed by atoms with Crippen molar-refractivity contribution in [2.45, 2.75) is 59.5 Å². The van der Waals surface area contributed by atoms with Gasteiger partial charge in [0.1, 0.15) is 11.5 Å². The van der Waals surface area contributed by atoms with Crippen LogP contribution in [0.4, 0.5) is 0 Å². The third-order valence-corrected chi connectivity index (χ3v) is 4.22. The summed E-state index contributed by atoms with van der Waals surface area (Å²) in [6.07, 6.45) is 3.81. The van der Waals surface area contributed by atoms with Crippen LogP contribution >= 0.6 is 0 Å². The SMILES string of the molecule is CCCNCc1ccc(CN2CCC(C)(C)CCC2=O)o1. The molecule has 1 N–H and O–H groups in total. The van der Waals surface area contributed by atoms with E-state index in [1.54, 1.807) is 0 Å². The summed E-state index contributed by atoms with van der Waals surface area (Å²) in [5.74, 6) is 2.08. The summed E-state index contributed by atoms with van der Waals surface area (Å²) in [4.78, 5) is 14.1. The van der Waals surface area contributed by atoms with Gasteiger partial charge >= 0.3 is 0 Å². The van der Waals surface area contributed by atoms with Gasteiger partial charge in [-0.15, -0.1) is 0 Å². The standard InChI is InChI=1S/C17H28N2O2/c1-4-10-18-12-14-5-6-15(21-14)13-19-11-9-17(2,3)8-7-16(19)20/h5-6,18H,4,7-13H2,1-3H3. The molecular weight excluding hydrogens is 264 g/mol. The van der Waals surface area contributed by atoms with Crippen LogP contribution in [0.1, 0.15) is 58.0 Å². The third-order valence-electron chi connectivity index (χ3n) is 4.22. The second-order valence-electron chi connectivity index (χ2n) is 6.77. The van der Waals surface area contributed by atoms with Crippen molar-refractivity contribution in [3.63, 3.8) is 0 Å². The quantitative estimate of drug-likeness (QED) is 0.818. The summed E-state index contributed by atoms with van der Waals surface area (Å²) >= 11 is 0. The van der Waals surface area contributed by atoms with Crippen LogP contribution < -0.4 is 5.32 Å². The van der Waals surface area contributed by atoms with Crippen molar-refractivity contribution >= 4 is 5.91 Å². The Kier molecular flexibility index (Phi) is 5.45. The maximum atomic E-state index is 12.2. The van der Waals surface area contributed by atoms with E-state index in [0.29, 0.717) is 13.0 Å². The Labute approximate surface area is 127 Å². The minimum absolute atomic E-state index is 0.252. The van der Waals surface area contributed by atoms with Crippen molar-refractivity contribution in [1.29, 1.82) is 0 Å². The maximum Gasteiger partial charge on any atom is 0.222 e. The molecule has 0 radical (unpaired) electrons. The molecule has 1 fully saturated rings. The number of amides is 1. The largest absolute Gasteiger partial charge is 0.463 e. The van der Waals surface area contributed by atoms with E-state index in [1.165, 1.54) is 0 Å². The summed E-state index contributed by atoms with van der Waals surface area (Å²) in [6, 6.07) is 4.00. The van der Waals surface area contributed by atoms with Crippen molar-refractivity contribution in [1.82, 2.24) is 10.2 Å². The molecule has 1 aromatic heterocycles. The monoisotopic (exact) mass is 292 g/mol. The minimum Gasteiger partial charge on any atom is -0.463 e. The van der Waals surface area contributed by atoms with E-state index in [0.717, 1.165) is 50.4 Å². The van der Waals surface area contributed by atoms with Gasteiger partial charge in [0.2, 0.25) is 5.91 Å². The molecule has 0 saturated carbocycles. The van der Waals surface area contributed by atoms with Crippen LogP contribution in [0, 0.1) is 5.41 Å². The lowest BCUT2D eigenvalue weighted by Gasteiger charge is -2.22. The van der Waals surface area contributed by atoms with Gasteiger partial charge in [-0.2, -0.15) is 0 Å². The number of carbonyl (C=O) groups is 1. The molecule has 2 heterocycles. The Morgan fingerprint density at radius 1 is 1.29 bits per heavy atom. The molecule has 0 bridgehead atoms. The number of likely N-dealkylation sites (tertiary alicyclic amines) is 1. The van der Waals surface area contributed by atoms with Gasteiger partial charge in [-0.25, -0.2) is 0 Å². The average molecular weight is 292 g/mol. The van der Waals surface area contributed by atoms with Gasteiger partial charge in [0.15, 0.2) is 0 Å².